The Morgan fingerprint density at radius 2 is 2.07 bits per heavy atom. The molecule has 0 bridgehead atoms. The molecule has 8 nitrogen and oxygen atoms in total. The number of ketones is 1. The van der Waals surface area contributed by atoms with E-state index in [2.05, 4.69) is 15.2 Å². The summed E-state index contributed by atoms with van der Waals surface area (Å²) in [7, 11) is -4.48. The van der Waals surface area contributed by atoms with Gasteiger partial charge in [0.1, 0.15) is 9.77 Å². The highest BCUT2D eigenvalue weighted by atomic mass is 32.2. The number of aromatic nitrogens is 1. The number of aryl methyl sites for hydroxylation is 3. The van der Waals surface area contributed by atoms with Crippen LogP contribution < -0.4 is 10.0 Å². The maximum atomic E-state index is 13.2. The van der Waals surface area contributed by atoms with E-state index in [0.717, 1.165) is 17.4 Å². The zero-order valence-corrected chi connectivity index (χ0v) is 17.7. The molecule has 3 rings (SSSR count). The molecule has 0 aliphatic rings. The highest BCUT2D eigenvalue weighted by molar-refractivity contribution is 7.93. The van der Waals surface area contributed by atoms with Crippen molar-refractivity contribution in [1.82, 2.24) is 5.16 Å². The van der Waals surface area contributed by atoms with Gasteiger partial charge in [-0.15, -0.1) is 11.3 Å². The normalized spacial score (nSPS) is 15.6. The van der Waals surface area contributed by atoms with E-state index in [1.54, 1.807) is 0 Å². The molecule has 2 aromatic heterocycles. The van der Waals surface area contributed by atoms with Gasteiger partial charge < -0.3 is 9.84 Å². The Kier molecular flexibility index (Phi) is 3.78. The molecule has 0 saturated heterocycles. The van der Waals surface area contributed by atoms with Crippen LogP contribution in [-0.4, -0.2) is 25.3 Å². The van der Waals surface area contributed by atoms with Crippen molar-refractivity contribution in [3.05, 3.63) is 56.4 Å². The molecule has 1 aromatic carbocycles. The Labute approximate surface area is 188 Å². The third-order valence-electron chi connectivity index (χ3n) is 4.14. The predicted octanol–water partition coefficient (Wildman–Crippen LogP) is 4.23. The van der Waals surface area contributed by atoms with E-state index in [0.29, 0.717) is 11.1 Å². The number of nitrogens with zero attached hydrogens (tertiary/aromatic N) is 1. The van der Waals surface area contributed by atoms with Crippen LogP contribution in [0, 0.1) is 27.6 Å². The van der Waals surface area contributed by atoms with Gasteiger partial charge in [0.05, 0.1) is 12.8 Å². The third-order valence-corrected chi connectivity index (χ3v) is 6.56. The number of sulfonamides is 1. The summed E-state index contributed by atoms with van der Waals surface area (Å²) in [5.41, 5.74) is -0.621. The molecule has 0 atom stereocenters. The Balaban J connectivity index is 2.00. The largest absolute Gasteiger partial charge is 0.337 e. The molecule has 1 amide bonds. The Hall–Kier alpha value is -2.98. The molecule has 0 unspecified atom stereocenters. The standard InChI is InChI=1S/C20H21N3O5S2/c1-10-8-11(2)17(15(9-10)14(5)24)21-19(25)18-16(6-7-29-18)30(26,27)23-20-12(3)13(4)22-28-20/h6-9,23H,1-5H3,(H,21,25)/i4D3,5D3,9D. The van der Waals surface area contributed by atoms with Gasteiger partial charge in [0.2, 0.25) is 5.88 Å². The van der Waals surface area contributed by atoms with Crippen LogP contribution in [0.3, 0.4) is 0 Å². The number of hydrogen-bond donors (Lipinski definition) is 2. The molecule has 30 heavy (non-hydrogen) atoms. The zero-order chi connectivity index (χ0) is 28.1. The molecule has 3 aromatic rings. The molecule has 0 radical (unpaired) electrons. The van der Waals surface area contributed by atoms with E-state index in [9.17, 15) is 18.0 Å². The van der Waals surface area contributed by atoms with Gasteiger partial charge in [-0.2, -0.15) is 0 Å². The van der Waals surface area contributed by atoms with Crippen LogP contribution in [0.5, 0.6) is 0 Å². The number of carbonyl (C=O) groups excluding carboxylic acids is 2. The number of nitrogens with one attached hydrogen (secondary N) is 2. The fourth-order valence-electron chi connectivity index (χ4n) is 2.67. The minimum Gasteiger partial charge on any atom is -0.337 e. The number of carbonyl (C=O) groups is 2. The number of rotatable bonds is 6. The molecule has 0 fully saturated rings. The molecule has 0 aliphatic heterocycles. The van der Waals surface area contributed by atoms with Gasteiger partial charge in [0.15, 0.2) is 5.78 Å². The maximum absolute atomic E-state index is 13.2. The number of amides is 1. The molecule has 0 saturated carbocycles. The molecule has 2 heterocycles. The molecular weight excluding hydrogens is 426 g/mol. The smallest absolute Gasteiger partial charge is 0.267 e. The van der Waals surface area contributed by atoms with Crippen LogP contribution in [0.2, 0.25) is 0 Å². The molecule has 0 spiro atoms. The summed E-state index contributed by atoms with van der Waals surface area (Å²) < 4.78 is 86.0. The zero-order valence-electron chi connectivity index (χ0n) is 23.0. The van der Waals surface area contributed by atoms with E-state index >= 15 is 0 Å². The van der Waals surface area contributed by atoms with Crippen LogP contribution in [0.4, 0.5) is 11.6 Å². The summed E-state index contributed by atoms with van der Waals surface area (Å²) in [5, 5.41) is 7.11. The minimum atomic E-state index is -4.48. The third kappa shape index (κ3) is 4.14. The van der Waals surface area contributed by atoms with E-state index in [1.165, 1.54) is 32.2 Å². The summed E-state index contributed by atoms with van der Waals surface area (Å²) in [5.74, 6) is -2.76. The van der Waals surface area contributed by atoms with Crippen LogP contribution in [-0.2, 0) is 10.0 Å². The fraction of sp³-hybridized carbons (Fsp3) is 0.250. The van der Waals surface area contributed by atoms with Gasteiger partial charge in [0, 0.05) is 19.4 Å². The SMILES string of the molecule is [2H]c1c(C)cc(C)c(NC(=O)c2sccc2S(=O)(=O)Nc2onc(C([2H])([2H])[2H])c2C)c1C(=O)C([2H])([2H])[2H]. The van der Waals surface area contributed by atoms with E-state index in [4.69, 9.17) is 14.1 Å². The van der Waals surface area contributed by atoms with Gasteiger partial charge in [0.25, 0.3) is 15.9 Å². The fourth-order valence-corrected chi connectivity index (χ4v) is 5.04. The second kappa shape index (κ2) is 8.04. The van der Waals surface area contributed by atoms with Gasteiger partial charge in [-0.05, 0) is 63.1 Å². The van der Waals surface area contributed by atoms with Crippen molar-refractivity contribution >= 4 is 44.6 Å². The van der Waals surface area contributed by atoms with Crippen molar-refractivity contribution in [2.75, 3.05) is 10.0 Å². The highest BCUT2D eigenvalue weighted by Crippen LogP contribution is 2.29. The first kappa shape index (κ1) is 14.1. The van der Waals surface area contributed by atoms with Gasteiger partial charge in [-0.1, -0.05) is 11.2 Å². The minimum absolute atomic E-state index is 0.0594. The van der Waals surface area contributed by atoms with Gasteiger partial charge in [-0.3, -0.25) is 9.59 Å². The monoisotopic (exact) mass is 454 g/mol. The Morgan fingerprint density at radius 1 is 1.30 bits per heavy atom. The number of hydrogen-bond acceptors (Lipinski definition) is 7. The lowest BCUT2D eigenvalue weighted by Gasteiger charge is -2.14. The topological polar surface area (TPSA) is 118 Å². The Bertz CT molecular complexity index is 1510. The summed E-state index contributed by atoms with van der Waals surface area (Å²) in [6.07, 6.45) is 0. The average molecular weight is 455 g/mol. The second-order valence-corrected chi connectivity index (χ2v) is 8.94. The van der Waals surface area contributed by atoms with Crippen molar-refractivity contribution in [1.29, 1.82) is 0 Å². The van der Waals surface area contributed by atoms with Crippen molar-refractivity contribution in [3.63, 3.8) is 0 Å². The van der Waals surface area contributed by atoms with Crippen LogP contribution in [0.25, 0.3) is 0 Å². The maximum Gasteiger partial charge on any atom is 0.267 e. The number of Topliss-reactive ketones (excluding diaryl/α,β-unsaturated/α-hetero) is 1. The number of anilines is 2. The lowest BCUT2D eigenvalue weighted by Crippen LogP contribution is -2.20. The molecule has 2 N–H and O–H groups in total. The van der Waals surface area contributed by atoms with Gasteiger partial charge >= 0.3 is 0 Å². The summed E-state index contributed by atoms with van der Waals surface area (Å²) in [4.78, 5) is 25.0. The first-order valence-corrected chi connectivity index (χ1v) is 10.8. The van der Waals surface area contributed by atoms with E-state index < -0.39 is 57.5 Å². The van der Waals surface area contributed by atoms with Crippen LogP contribution >= 0.6 is 11.3 Å². The van der Waals surface area contributed by atoms with E-state index in [-0.39, 0.29) is 22.2 Å². The molecular formula is C20H21N3O5S2. The van der Waals surface area contributed by atoms with Gasteiger partial charge in [-0.25, -0.2) is 13.1 Å². The highest BCUT2D eigenvalue weighted by Gasteiger charge is 2.27. The average Bonchev–Trinajstić information content (AvgIpc) is 3.38. The van der Waals surface area contributed by atoms with Crippen molar-refractivity contribution < 1.29 is 32.1 Å². The van der Waals surface area contributed by atoms with E-state index in [1.807, 2.05) is 0 Å². The molecule has 158 valence electrons. The number of thiophene rings is 1. The molecule has 0 aliphatic carbocycles. The summed E-state index contributed by atoms with van der Waals surface area (Å²) >= 11 is 0.751. The first-order chi connectivity index (χ1) is 16.9. The number of benzene rings is 1. The summed E-state index contributed by atoms with van der Waals surface area (Å²) in [6.45, 7) is -1.41. The van der Waals surface area contributed by atoms with Crippen molar-refractivity contribution in [2.45, 2.75) is 39.4 Å². The first-order valence-electron chi connectivity index (χ1n) is 11.9. The second-order valence-electron chi connectivity index (χ2n) is 6.37. The predicted molar refractivity (Wildman–Crippen MR) is 115 cm³/mol. The summed E-state index contributed by atoms with van der Waals surface area (Å²) in [6, 6.07) is 2.23. The lowest BCUT2D eigenvalue weighted by atomic mass is 10.0. The Morgan fingerprint density at radius 3 is 2.73 bits per heavy atom. The van der Waals surface area contributed by atoms with Crippen LogP contribution in [0.15, 0.2) is 33.0 Å². The van der Waals surface area contributed by atoms with Crippen molar-refractivity contribution in [3.8, 4) is 0 Å². The van der Waals surface area contributed by atoms with Crippen LogP contribution in [0.1, 0.15) is 58.9 Å². The quantitative estimate of drug-likeness (QED) is 0.538. The molecule has 10 heteroatoms. The lowest BCUT2D eigenvalue weighted by molar-refractivity contribution is 0.101. The van der Waals surface area contributed by atoms with Crippen molar-refractivity contribution in [2.24, 2.45) is 0 Å².